The van der Waals surface area contributed by atoms with Gasteiger partial charge in [0.2, 0.25) is 0 Å². The molecule has 0 aromatic heterocycles. The number of amides is 1. The van der Waals surface area contributed by atoms with E-state index in [0.717, 1.165) is 0 Å². The summed E-state index contributed by atoms with van der Waals surface area (Å²) in [4.78, 5) is 11.0. The molecule has 78 valence electrons. The van der Waals surface area contributed by atoms with Crippen LogP contribution >= 0.6 is 0 Å². The highest BCUT2D eigenvalue weighted by Crippen LogP contribution is 2.06. The Balaban J connectivity index is 3.89. The quantitative estimate of drug-likeness (QED) is 0.545. The molecule has 0 aliphatic heterocycles. The van der Waals surface area contributed by atoms with Gasteiger partial charge in [-0.05, 0) is 27.7 Å². The molecule has 0 spiro atoms. The Hall–Kier alpha value is -0.810. The smallest absolute Gasteiger partial charge is 0.408 e. The maximum absolute atomic E-state index is 11.0. The molecule has 5 nitrogen and oxygen atoms in total. The van der Waals surface area contributed by atoms with Crippen molar-refractivity contribution >= 4 is 6.09 Å². The predicted molar refractivity (Wildman–Crippen MR) is 47.1 cm³/mol. The van der Waals surface area contributed by atoms with Gasteiger partial charge in [-0.3, -0.25) is 0 Å². The van der Waals surface area contributed by atoms with Gasteiger partial charge in [-0.1, -0.05) is 0 Å². The Morgan fingerprint density at radius 2 is 1.85 bits per heavy atom. The zero-order valence-corrected chi connectivity index (χ0v) is 8.37. The van der Waals surface area contributed by atoms with E-state index in [2.05, 4.69) is 5.32 Å². The maximum atomic E-state index is 11.0. The van der Waals surface area contributed by atoms with Crippen molar-refractivity contribution in [3.05, 3.63) is 0 Å². The van der Waals surface area contributed by atoms with Crippen LogP contribution in [0.4, 0.5) is 4.79 Å². The van der Waals surface area contributed by atoms with E-state index >= 15 is 0 Å². The average molecular weight is 191 g/mol. The van der Waals surface area contributed by atoms with Crippen LogP contribution in [0.5, 0.6) is 0 Å². The molecule has 0 aliphatic rings. The second-order valence-corrected chi connectivity index (χ2v) is 3.85. The molecule has 1 atom stereocenters. The number of hydrogen-bond acceptors (Lipinski definition) is 4. The van der Waals surface area contributed by atoms with Gasteiger partial charge in [0.1, 0.15) is 5.60 Å². The van der Waals surface area contributed by atoms with E-state index < -0.39 is 24.0 Å². The predicted octanol–water partition coefficient (Wildman–Crippen LogP) is 0.210. The molecule has 0 aromatic rings. The number of carbonyl (C=O) groups is 1. The zero-order valence-electron chi connectivity index (χ0n) is 8.37. The monoisotopic (exact) mass is 191 g/mol. The van der Waals surface area contributed by atoms with Gasteiger partial charge in [-0.25, -0.2) is 4.79 Å². The number of aliphatic hydroxyl groups is 2. The first-order chi connectivity index (χ1) is 5.72. The lowest BCUT2D eigenvalue weighted by molar-refractivity contribution is -0.0637. The summed E-state index contributed by atoms with van der Waals surface area (Å²) in [6, 6.07) is -0.741. The largest absolute Gasteiger partial charge is 0.444 e. The van der Waals surface area contributed by atoms with Crippen LogP contribution in [0.3, 0.4) is 0 Å². The minimum atomic E-state index is -1.58. The van der Waals surface area contributed by atoms with E-state index in [1.165, 1.54) is 6.92 Å². The molecule has 0 heterocycles. The molecule has 0 saturated carbocycles. The first kappa shape index (κ1) is 12.2. The fourth-order valence-corrected chi connectivity index (χ4v) is 0.568. The van der Waals surface area contributed by atoms with E-state index in [0.29, 0.717) is 0 Å². The highest BCUT2D eigenvalue weighted by molar-refractivity contribution is 5.68. The SMILES string of the molecule is C[C@H](NC(=O)OC(C)(C)C)C(O)O. The van der Waals surface area contributed by atoms with Gasteiger partial charge in [0.25, 0.3) is 0 Å². The van der Waals surface area contributed by atoms with Crippen LogP contribution in [-0.4, -0.2) is 34.2 Å². The van der Waals surface area contributed by atoms with Crippen LogP contribution in [0, 0.1) is 0 Å². The second kappa shape index (κ2) is 4.43. The molecule has 5 heteroatoms. The zero-order chi connectivity index (χ0) is 10.6. The fraction of sp³-hybridized carbons (Fsp3) is 0.875. The van der Waals surface area contributed by atoms with Gasteiger partial charge in [0.05, 0.1) is 6.04 Å². The standard InChI is InChI=1S/C8H17NO4/c1-5(6(10)11)9-7(12)13-8(2,3)4/h5-6,10-11H,1-4H3,(H,9,12)/t5-/m0/s1. The van der Waals surface area contributed by atoms with Crippen molar-refractivity contribution in [2.24, 2.45) is 0 Å². The molecule has 13 heavy (non-hydrogen) atoms. The number of aliphatic hydroxyl groups excluding tert-OH is 1. The van der Waals surface area contributed by atoms with Crippen LogP contribution in [-0.2, 0) is 4.74 Å². The third-order valence-electron chi connectivity index (χ3n) is 1.19. The molecular formula is C8H17NO4. The van der Waals surface area contributed by atoms with E-state index in [-0.39, 0.29) is 0 Å². The first-order valence-electron chi connectivity index (χ1n) is 4.08. The Morgan fingerprint density at radius 1 is 1.38 bits per heavy atom. The normalized spacial score (nSPS) is 14.1. The summed E-state index contributed by atoms with van der Waals surface area (Å²) in [5.41, 5.74) is -0.579. The second-order valence-electron chi connectivity index (χ2n) is 3.85. The molecule has 3 N–H and O–H groups in total. The Labute approximate surface area is 77.7 Å². The van der Waals surface area contributed by atoms with Gasteiger partial charge in [0, 0.05) is 0 Å². The lowest BCUT2D eigenvalue weighted by atomic mass is 10.2. The van der Waals surface area contributed by atoms with Crippen LogP contribution in [0.25, 0.3) is 0 Å². The summed E-state index contributed by atoms with van der Waals surface area (Å²) in [5, 5.41) is 19.6. The number of hydrogen-bond donors (Lipinski definition) is 3. The Kier molecular flexibility index (Phi) is 4.16. The third-order valence-corrected chi connectivity index (χ3v) is 1.19. The highest BCUT2D eigenvalue weighted by Gasteiger charge is 2.19. The van der Waals surface area contributed by atoms with Crippen LogP contribution in [0.2, 0.25) is 0 Å². The fourth-order valence-electron chi connectivity index (χ4n) is 0.568. The van der Waals surface area contributed by atoms with Crippen molar-refractivity contribution in [3.63, 3.8) is 0 Å². The summed E-state index contributed by atoms with van der Waals surface area (Å²) in [7, 11) is 0. The van der Waals surface area contributed by atoms with E-state index in [1.807, 2.05) is 0 Å². The lowest BCUT2D eigenvalue weighted by Crippen LogP contribution is -2.43. The summed E-state index contributed by atoms with van der Waals surface area (Å²) in [5.74, 6) is 0. The molecular weight excluding hydrogens is 174 g/mol. The maximum Gasteiger partial charge on any atom is 0.408 e. The minimum absolute atomic E-state index is 0.579. The average Bonchev–Trinajstić information content (AvgIpc) is 1.81. The highest BCUT2D eigenvalue weighted by atomic mass is 16.6. The number of ether oxygens (including phenoxy) is 1. The molecule has 0 aliphatic carbocycles. The molecule has 0 aromatic carbocycles. The minimum Gasteiger partial charge on any atom is -0.444 e. The molecule has 0 radical (unpaired) electrons. The Bertz CT molecular complexity index is 173. The third kappa shape index (κ3) is 6.36. The van der Waals surface area contributed by atoms with Crippen LogP contribution < -0.4 is 5.32 Å². The summed E-state index contributed by atoms with van der Waals surface area (Å²) in [6.07, 6.45) is -2.24. The molecule has 0 saturated heterocycles. The van der Waals surface area contributed by atoms with Crippen LogP contribution in [0.1, 0.15) is 27.7 Å². The van der Waals surface area contributed by atoms with E-state index in [9.17, 15) is 4.79 Å². The summed E-state index contributed by atoms with van der Waals surface area (Å²) < 4.78 is 4.89. The number of alkyl carbamates (subject to hydrolysis) is 1. The van der Waals surface area contributed by atoms with Crippen LogP contribution in [0.15, 0.2) is 0 Å². The van der Waals surface area contributed by atoms with Gasteiger partial charge >= 0.3 is 6.09 Å². The number of nitrogens with one attached hydrogen (secondary N) is 1. The van der Waals surface area contributed by atoms with E-state index in [1.54, 1.807) is 20.8 Å². The van der Waals surface area contributed by atoms with Crippen molar-refractivity contribution in [2.75, 3.05) is 0 Å². The Morgan fingerprint density at radius 3 is 2.15 bits per heavy atom. The molecule has 0 fully saturated rings. The number of carbonyl (C=O) groups excluding carboxylic acids is 1. The summed E-state index contributed by atoms with van der Waals surface area (Å²) >= 11 is 0. The van der Waals surface area contributed by atoms with Gasteiger partial charge in [0.15, 0.2) is 6.29 Å². The summed E-state index contributed by atoms with van der Waals surface area (Å²) in [6.45, 7) is 6.65. The van der Waals surface area contributed by atoms with Crippen molar-refractivity contribution in [1.82, 2.24) is 5.32 Å². The van der Waals surface area contributed by atoms with Crippen molar-refractivity contribution in [1.29, 1.82) is 0 Å². The molecule has 1 amide bonds. The molecule has 0 unspecified atom stereocenters. The lowest BCUT2D eigenvalue weighted by Gasteiger charge is -2.22. The first-order valence-corrected chi connectivity index (χ1v) is 4.08. The van der Waals surface area contributed by atoms with E-state index in [4.69, 9.17) is 14.9 Å². The van der Waals surface area contributed by atoms with Crippen molar-refractivity contribution in [2.45, 2.75) is 45.6 Å². The van der Waals surface area contributed by atoms with Gasteiger partial charge < -0.3 is 20.3 Å². The van der Waals surface area contributed by atoms with Gasteiger partial charge in [-0.15, -0.1) is 0 Å². The molecule has 0 rings (SSSR count). The topological polar surface area (TPSA) is 78.8 Å². The molecule has 0 bridgehead atoms. The van der Waals surface area contributed by atoms with Crippen molar-refractivity contribution < 1.29 is 19.7 Å². The number of rotatable bonds is 2. The van der Waals surface area contributed by atoms with Gasteiger partial charge in [-0.2, -0.15) is 0 Å². The van der Waals surface area contributed by atoms with Crippen molar-refractivity contribution in [3.8, 4) is 0 Å².